The van der Waals surface area contributed by atoms with E-state index in [1.807, 2.05) is 0 Å². The van der Waals surface area contributed by atoms with Gasteiger partial charge in [0, 0.05) is 6.61 Å². The average molecular weight is 187 g/mol. The van der Waals surface area contributed by atoms with Crippen LogP contribution in [0.25, 0.3) is 0 Å². The molecule has 0 unspecified atom stereocenters. The summed E-state index contributed by atoms with van der Waals surface area (Å²) in [4.78, 5) is 0. The first-order valence-corrected chi connectivity index (χ1v) is 5.41. The molecule has 0 aromatic heterocycles. The molecule has 80 valence electrons. The molecule has 0 rings (SSSR count). The molecule has 0 saturated heterocycles. The Morgan fingerprint density at radius 3 is 2.31 bits per heavy atom. The van der Waals surface area contributed by atoms with Crippen LogP contribution in [0.4, 0.5) is 0 Å². The zero-order valence-corrected chi connectivity index (χ0v) is 9.65. The monoisotopic (exact) mass is 187 g/mol. The molecule has 0 spiro atoms. The van der Waals surface area contributed by atoms with Crippen molar-refractivity contribution in [2.45, 2.75) is 52.6 Å². The number of unbranched alkanes of at least 4 members (excludes halogenated alkanes) is 1. The summed E-state index contributed by atoms with van der Waals surface area (Å²) in [5.41, 5.74) is 0.0246. The molecule has 0 heterocycles. The second-order valence-electron chi connectivity index (χ2n) is 4.42. The van der Waals surface area contributed by atoms with Crippen LogP contribution in [0, 0.1) is 0 Å². The van der Waals surface area contributed by atoms with Crippen LogP contribution < -0.4 is 5.32 Å². The van der Waals surface area contributed by atoms with Crippen LogP contribution in [0.5, 0.6) is 0 Å². The summed E-state index contributed by atoms with van der Waals surface area (Å²) >= 11 is 0. The first-order valence-electron chi connectivity index (χ1n) is 5.41. The molecule has 2 nitrogen and oxygen atoms in total. The fraction of sp³-hybridized carbons (Fsp3) is 1.00. The van der Waals surface area contributed by atoms with Crippen molar-refractivity contribution in [2.24, 2.45) is 0 Å². The quantitative estimate of drug-likeness (QED) is 0.619. The van der Waals surface area contributed by atoms with Gasteiger partial charge >= 0.3 is 0 Å². The van der Waals surface area contributed by atoms with Crippen molar-refractivity contribution in [3.63, 3.8) is 0 Å². The van der Waals surface area contributed by atoms with Gasteiger partial charge in [-0.1, -0.05) is 6.92 Å². The van der Waals surface area contributed by atoms with E-state index in [9.17, 15) is 0 Å². The Bertz CT molecular complexity index is 107. The van der Waals surface area contributed by atoms with E-state index in [4.69, 9.17) is 4.74 Å². The molecule has 0 saturated carbocycles. The highest BCUT2D eigenvalue weighted by Gasteiger charge is 2.08. The molecule has 0 fully saturated rings. The summed E-state index contributed by atoms with van der Waals surface area (Å²) in [7, 11) is 0. The molecule has 13 heavy (non-hydrogen) atoms. The zero-order chi connectivity index (χ0) is 10.2. The molecule has 0 aliphatic rings. The van der Waals surface area contributed by atoms with Crippen molar-refractivity contribution < 1.29 is 4.74 Å². The number of rotatable bonds is 7. The lowest BCUT2D eigenvalue weighted by Crippen LogP contribution is -2.21. The maximum Gasteiger partial charge on any atom is 0.0598 e. The van der Waals surface area contributed by atoms with Crippen LogP contribution >= 0.6 is 0 Å². The van der Waals surface area contributed by atoms with Gasteiger partial charge in [-0.25, -0.2) is 0 Å². The number of ether oxygens (including phenoxy) is 1. The van der Waals surface area contributed by atoms with Gasteiger partial charge in [0.2, 0.25) is 0 Å². The van der Waals surface area contributed by atoms with Gasteiger partial charge < -0.3 is 10.1 Å². The second kappa shape index (κ2) is 7.34. The van der Waals surface area contributed by atoms with Gasteiger partial charge in [0.05, 0.1) is 5.60 Å². The lowest BCUT2D eigenvalue weighted by atomic mass is 10.2. The summed E-state index contributed by atoms with van der Waals surface area (Å²) < 4.78 is 5.61. The van der Waals surface area contributed by atoms with Crippen LogP contribution in [-0.2, 0) is 4.74 Å². The topological polar surface area (TPSA) is 21.3 Å². The zero-order valence-electron chi connectivity index (χ0n) is 9.65. The second-order valence-corrected chi connectivity index (χ2v) is 4.42. The molecule has 0 radical (unpaired) electrons. The molecular weight excluding hydrogens is 162 g/mol. The smallest absolute Gasteiger partial charge is 0.0598 e. The van der Waals surface area contributed by atoms with Crippen LogP contribution in [-0.4, -0.2) is 25.3 Å². The largest absolute Gasteiger partial charge is 0.376 e. The van der Waals surface area contributed by atoms with Gasteiger partial charge in [0.1, 0.15) is 0 Å². The summed E-state index contributed by atoms with van der Waals surface area (Å²) in [6.07, 6.45) is 3.60. The third kappa shape index (κ3) is 11.9. The summed E-state index contributed by atoms with van der Waals surface area (Å²) in [6.45, 7) is 11.6. The van der Waals surface area contributed by atoms with Crippen LogP contribution in [0.15, 0.2) is 0 Å². The third-order valence-electron chi connectivity index (χ3n) is 1.71. The summed E-state index contributed by atoms with van der Waals surface area (Å²) in [5.74, 6) is 0. The maximum atomic E-state index is 5.61. The minimum atomic E-state index is 0.0246. The standard InChI is InChI=1S/C11H25NO/c1-5-8-12-9-6-7-10-13-11(2,3)4/h12H,5-10H2,1-4H3. The predicted octanol–water partition coefficient (Wildman–Crippen LogP) is 2.58. The number of hydrogen-bond donors (Lipinski definition) is 1. The van der Waals surface area contributed by atoms with Gasteiger partial charge in [-0.05, 0) is 53.1 Å². The van der Waals surface area contributed by atoms with E-state index in [2.05, 4.69) is 33.0 Å². The van der Waals surface area contributed by atoms with Crippen molar-refractivity contribution in [1.29, 1.82) is 0 Å². The highest BCUT2D eigenvalue weighted by Crippen LogP contribution is 2.07. The third-order valence-corrected chi connectivity index (χ3v) is 1.71. The maximum absolute atomic E-state index is 5.61. The number of nitrogens with one attached hydrogen (secondary N) is 1. The Morgan fingerprint density at radius 1 is 1.08 bits per heavy atom. The van der Waals surface area contributed by atoms with Gasteiger partial charge in [0.25, 0.3) is 0 Å². The molecule has 1 N–H and O–H groups in total. The van der Waals surface area contributed by atoms with E-state index in [1.54, 1.807) is 0 Å². The normalized spacial score (nSPS) is 12.0. The van der Waals surface area contributed by atoms with Gasteiger partial charge in [-0.2, -0.15) is 0 Å². The van der Waals surface area contributed by atoms with Crippen molar-refractivity contribution in [3.05, 3.63) is 0 Å². The summed E-state index contributed by atoms with van der Waals surface area (Å²) in [6, 6.07) is 0. The molecule has 0 aliphatic heterocycles. The fourth-order valence-electron chi connectivity index (χ4n) is 1.03. The van der Waals surface area contributed by atoms with E-state index in [-0.39, 0.29) is 5.60 Å². The van der Waals surface area contributed by atoms with Gasteiger partial charge in [0.15, 0.2) is 0 Å². The van der Waals surface area contributed by atoms with Crippen molar-refractivity contribution >= 4 is 0 Å². The fourth-order valence-corrected chi connectivity index (χ4v) is 1.03. The highest BCUT2D eigenvalue weighted by molar-refractivity contribution is 4.58. The minimum Gasteiger partial charge on any atom is -0.376 e. The lowest BCUT2D eigenvalue weighted by Gasteiger charge is -2.19. The molecule has 0 aromatic rings. The molecular formula is C11H25NO. The Morgan fingerprint density at radius 2 is 1.77 bits per heavy atom. The summed E-state index contributed by atoms with van der Waals surface area (Å²) in [5, 5.41) is 3.38. The van der Waals surface area contributed by atoms with E-state index < -0.39 is 0 Å². The Labute approximate surface area is 83.1 Å². The average Bonchev–Trinajstić information content (AvgIpc) is 2.01. The molecule has 0 bridgehead atoms. The van der Waals surface area contributed by atoms with E-state index in [0.29, 0.717) is 0 Å². The SMILES string of the molecule is CCCNCCCCOC(C)(C)C. The minimum absolute atomic E-state index is 0.0246. The molecule has 0 amide bonds. The molecule has 0 atom stereocenters. The van der Waals surface area contributed by atoms with Gasteiger partial charge in [-0.15, -0.1) is 0 Å². The lowest BCUT2D eigenvalue weighted by molar-refractivity contribution is -0.00451. The van der Waals surface area contributed by atoms with E-state index in [0.717, 1.165) is 26.1 Å². The first-order chi connectivity index (χ1) is 6.06. The highest BCUT2D eigenvalue weighted by atomic mass is 16.5. The van der Waals surface area contributed by atoms with Gasteiger partial charge in [-0.3, -0.25) is 0 Å². The molecule has 0 aromatic carbocycles. The first kappa shape index (κ1) is 12.9. The molecule has 0 aliphatic carbocycles. The van der Waals surface area contributed by atoms with Crippen molar-refractivity contribution in [2.75, 3.05) is 19.7 Å². The molecule has 2 heteroatoms. The van der Waals surface area contributed by atoms with Crippen molar-refractivity contribution in [3.8, 4) is 0 Å². The van der Waals surface area contributed by atoms with E-state index in [1.165, 1.54) is 12.8 Å². The Hall–Kier alpha value is -0.0800. The Balaban J connectivity index is 3.00. The predicted molar refractivity (Wildman–Crippen MR) is 58.1 cm³/mol. The van der Waals surface area contributed by atoms with Crippen LogP contribution in [0.1, 0.15) is 47.0 Å². The van der Waals surface area contributed by atoms with E-state index >= 15 is 0 Å². The van der Waals surface area contributed by atoms with Crippen LogP contribution in [0.3, 0.4) is 0 Å². The van der Waals surface area contributed by atoms with Crippen molar-refractivity contribution in [1.82, 2.24) is 5.32 Å². The Kier molecular flexibility index (Phi) is 7.29. The van der Waals surface area contributed by atoms with Crippen LogP contribution in [0.2, 0.25) is 0 Å². The number of hydrogen-bond acceptors (Lipinski definition) is 2.